The van der Waals surface area contributed by atoms with Crippen LogP contribution in [0.5, 0.6) is 0 Å². The van der Waals surface area contributed by atoms with Crippen LogP contribution in [0.4, 0.5) is 0 Å². The van der Waals surface area contributed by atoms with Crippen molar-refractivity contribution in [1.29, 1.82) is 0 Å². The third-order valence-electron chi connectivity index (χ3n) is 1.70. The van der Waals surface area contributed by atoms with E-state index in [1.165, 1.54) is 12.8 Å². The van der Waals surface area contributed by atoms with Crippen molar-refractivity contribution in [1.82, 2.24) is 0 Å². The van der Waals surface area contributed by atoms with Crippen LogP contribution in [-0.2, 0) is 0 Å². The predicted molar refractivity (Wildman–Crippen MR) is 36.4 cm³/mol. The van der Waals surface area contributed by atoms with E-state index >= 15 is 0 Å². The first-order valence-corrected chi connectivity index (χ1v) is 3.30. The van der Waals surface area contributed by atoms with Gasteiger partial charge in [0.25, 0.3) is 0 Å². The molecule has 1 aliphatic rings. The molecule has 1 aliphatic carbocycles. The number of allylic oxidation sites excluding steroid dienone is 2. The molecule has 46 valence electrons. The Balaban J connectivity index is 2.42. The van der Waals surface area contributed by atoms with E-state index < -0.39 is 0 Å². The van der Waals surface area contributed by atoms with Crippen molar-refractivity contribution in [3.8, 4) is 0 Å². The van der Waals surface area contributed by atoms with Crippen LogP contribution in [0.2, 0.25) is 0 Å². The van der Waals surface area contributed by atoms with Gasteiger partial charge in [-0.1, -0.05) is 19.4 Å². The number of rotatable bonds is 0. The molecule has 0 radical (unpaired) electrons. The van der Waals surface area contributed by atoms with E-state index in [9.17, 15) is 0 Å². The minimum Gasteiger partial charge on any atom is -0.337 e. The Labute approximate surface area is 51.6 Å². The summed E-state index contributed by atoms with van der Waals surface area (Å²) in [5.74, 6) is 1.39. The molecule has 0 aromatic carbocycles. The quantitative estimate of drug-likeness (QED) is 0.331. The Bertz CT molecular complexity index is 80.2. The Hall–Kier alpha value is -0.260. The van der Waals surface area contributed by atoms with Gasteiger partial charge in [0.05, 0.1) is 0 Å². The minimum atomic E-state index is 0.589. The summed E-state index contributed by atoms with van der Waals surface area (Å²) in [6.45, 7) is 6.20. The third-order valence-corrected chi connectivity index (χ3v) is 1.70. The number of hydrogen-bond donors (Lipinski definition) is 0. The van der Waals surface area contributed by atoms with Crippen LogP contribution in [0.15, 0.2) is 12.2 Å². The van der Waals surface area contributed by atoms with Crippen molar-refractivity contribution >= 4 is 0 Å². The van der Waals surface area contributed by atoms with Gasteiger partial charge >= 0.3 is 0 Å². The molecule has 0 heteroatoms. The summed E-state index contributed by atoms with van der Waals surface area (Å²) in [6, 6.07) is 0. The highest BCUT2D eigenvalue weighted by Crippen LogP contribution is 2.19. The van der Waals surface area contributed by atoms with Crippen molar-refractivity contribution in [2.24, 2.45) is 11.8 Å². The Morgan fingerprint density at radius 3 is 2.50 bits per heavy atom. The Morgan fingerprint density at radius 2 is 2.12 bits per heavy atom. The predicted octanol–water partition coefficient (Wildman–Crippen LogP) is 2.42. The minimum absolute atomic E-state index is 0.589. The maximum Gasteiger partial charge on any atom is -0.0264 e. The van der Waals surface area contributed by atoms with Crippen molar-refractivity contribution in [2.75, 3.05) is 0 Å². The van der Waals surface area contributed by atoms with E-state index in [0.717, 1.165) is 5.92 Å². The van der Waals surface area contributed by atoms with E-state index in [1.54, 1.807) is 0 Å². The van der Waals surface area contributed by atoms with Crippen LogP contribution >= 0.6 is 0 Å². The molecule has 0 spiro atoms. The van der Waals surface area contributed by atoms with E-state index in [4.69, 9.17) is 0 Å². The SMILES string of the molecule is [CH2-]C1C=CC(C)CC1. The fraction of sp³-hybridized carbons (Fsp3) is 0.625. The summed E-state index contributed by atoms with van der Waals surface area (Å²) in [5.41, 5.74) is 0. The molecule has 0 amide bonds. The average Bonchev–Trinajstić information content (AvgIpc) is 1.77. The second-order valence-electron chi connectivity index (χ2n) is 2.70. The second kappa shape index (κ2) is 2.34. The normalized spacial score (nSPS) is 37.8. The van der Waals surface area contributed by atoms with Crippen LogP contribution in [-0.4, -0.2) is 0 Å². The maximum absolute atomic E-state index is 3.95. The molecule has 0 aromatic heterocycles. The summed E-state index contributed by atoms with van der Waals surface area (Å²) >= 11 is 0. The van der Waals surface area contributed by atoms with E-state index in [1.807, 2.05) is 0 Å². The van der Waals surface area contributed by atoms with Gasteiger partial charge in [0.15, 0.2) is 0 Å². The molecule has 0 saturated heterocycles. The largest absolute Gasteiger partial charge is 0.337 e. The van der Waals surface area contributed by atoms with Crippen molar-refractivity contribution in [3.05, 3.63) is 19.1 Å². The van der Waals surface area contributed by atoms with Gasteiger partial charge in [0.1, 0.15) is 0 Å². The summed E-state index contributed by atoms with van der Waals surface area (Å²) < 4.78 is 0. The first-order valence-electron chi connectivity index (χ1n) is 3.30. The molecule has 0 aromatic rings. The standard InChI is InChI=1S/C8H13/c1-7-3-5-8(2)6-4-7/h3,5,7-8H,1,4,6H2,2H3/q-1. The monoisotopic (exact) mass is 109 g/mol. The number of hydrogen-bond acceptors (Lipinski definition) is 0. The fourth-order valence-corrected chi connectivity index (χ4v) is 1.02. The molecular formula is C8H13-. The van der Waals surface area contributed by atoms with E-state index in [2.05, 4.69) is 26.0 Å². The first-order chi connectivity index (χ1) is 3.79. The summed E-state index contributed by atoms with van der Waals surface area (Å²) in [5, 5.41) is 0. The van der Waals surface area contributed by atoms with Crippen LogP contribution in [0.3, 0.4) is 0 Å². The lowest BCUT2D eigenvalue weighted by Crippen LogP contribution is -2.01. The molecule has 2 unspecified atom stereocenters. The summed E-state index contributed by atoms with van der Waals surface area (Å²) in [6.07, 6.45) is 7.08. The molecule has 8 heavy (non-hydrogen) atoms. The molecule has 0 bridgehead atoms. The van der Waals surface area contributed by atoms with E-state index in [0.29, 0.717) is 5.92 Å². The third kappa shape index (κ3) is 1.36. The molecule has 0 nitrogen and oxygen atoms in total. The lowest BCUT2D eigenvalue weighted by molar-refractivity contribution is 0.528. The molecular weight excluding hydrogens is 96.1 g/mol. The zero-order valence-electron chi connectivity index (χ0n) is 5.43. The van der Waals surface area contributed by atoms with Gasteiger partial charge in [-0.25, -0.2) is 0 Å². The van der Waals surface area contributed by atoms with Gasteiger partial charge in [0.2, 0.25) is 0 Å². The lowest BCUT2D eigenvalue weighted by Gasteiger charge is -2.20. The van der Waals surface area contributed by atoms with Gasteiger partial charge in [-0.3, -0.25) is 0 Å². The van der Waals surface area contributed by atoms with Crippen molar-refractivity contribution in [2.45, 2.75) is 19.8 Å². The van der Waals surface area contributed by atoms with Gasteiger partial charge in [-0.2, -0.15) is 5.92 Å². The average molecular weight is 109 g/mol. The first kappa shape index (κ1) is 5.87. The highest BCUT2D eigenvalue weighted by Gasteiger charge is 2.02. The maximum atomic E-state index is 3.95. The Morgan fingerprint density at radius 1 is 1.38 bits per heavy atom. The van der Waals surface area contributed by atoms with Crippen LogP contribution in [0, 0.1) is 18.8 Å². The lowest BCUT2D eigenvalue weighted by atomic mass is 9.91. The molecule has 0 saturated carbocycles. The zero-order valence-corrected chi connectivity index (χ0v) is 5.43. The fourth-order valence-electron chi connectivity index (χ4n) is 1.02. The zero-order chi connectivity index (χ0) is 5.98. The van der Waals surface area contributed by atoms with Crippen LogP contribution in [0.1, 0.15) is 19.8 Å². The van der Waals surface area contributed by atoms with Crippen LogP contribution in [0.25, 0.3) is 0 Å². The van der Waals surface area contributed by atoms with E-state index in [-0.39, 0.29) is 0 Å². The van der Waals surface area contributed by atoms with Gasteiger partial charge in [0, 0.05) is 0 Å². The van der Waals surface area contributed by atoms with Crippen LogP contribution < -0.4 is 0 Å². The topological polar surface area (TPSA) is 0 Å². The molecule has 0 N–H and O–H groups in total. The molecule has 0 heterocycles. The highest BCUT2D eigenvalue weighted by atomic mass is 14.1. The van der Waals surface area contributed by atoms with Crippen molar-refractivity contribution in [3.63, 3.8) is 0 Å². The molecule has 0 fully saturated rings. The molecule has 2 atom stereocenters. The second-order valence-corrected chi connectivity index (χ2v) is 2.70. The highest BCUT2D eigenvalue weighted by molar-refractivity contribution is 4.97. The van der Waals surface area contributed by atoms with Gasteiger partial charge < -0.3 is 6.92 Å². The molecule has 1 rings (SSSR count). The van der Waals surface area contributed by atoms with Crippen molar-refractivity contribution < 1.29 is 0 Å². The summed E-state index contributed by atoms with van der Waals surface area (Å²) in [7, 11) is 0. The Kier molecular flexibility index (Phi) is 1.72. The molecule has 0 aliphatic heterocycles. The summed E-state index contributed by atoms with van der Waals surface area (Å²) in [4.78, 5) is 0. The van der Waals surface area contributed by atoms with Gasteiger partial charge in [-0.05, 0) is 12.3 Å². The van der Waals surface area contributed by atoms with Gasteiger partial charge in [-0.15, -0.1) is 6.08 Å². The smallest absolute Gasteiger partial charge is 0.0264 e.